The molecular weight excluding hydrogens is 358 g/mol. The summed E-state index contributed by atoms with van der Waals surface area (Å²) in [4.78, 5) is 23.7. The smallest absolute Gasteiger partial charge is 0.348 e. The molecular formula is C19H16ClNO3S. The zero-order valence-corrected chi connectivity index (χ0v) is 15.0. The van der Waals surface area contributed by atoms with Crippen LogP contribution in [0.4, 0.5) is 5.69 Å². The van der Waals surface area contributed by atoms with E-state index >= 15 is 0 Å². The molecule has 0 bridgehead atoms. The molecule has 0 aliphatic carbocycles. The summed E-state index contributed by atoms with van der Waals surface area (Å²) in [6, 6.07) is 13.3. The summed E-state index contributed by atoms with van der Waals surface area (Å²) < 4.78 is 0. The van der Waals surface area contributed by atoms with E-state index in [1.807, 2.05) is 43.3 Å². The number of halogens is 1. The molecule has 0 aliphatic heterocycles. The van der Waals surface area contributed by atoms with Gasteiger partial charge in [-0.1, -0.05) is 48.9 Å². The second kappa shape index (κ2) is 7.25. The van der Waals surface area contributed by atoms with Crippen molar-refractivity contribution in [3.8, 4) is 0 Å². The van der Waals surface area contributed by atoms with Crippen LogP contribution in [0.3, 0.4) is 0 Å². The number of hydrogen-bond donors (Lipinski definition) is 2. The van der Waals surface area contributed by atoms with Crippen LogP contribution in [0.15, 0.2) is 47.8 Å². The molecule has 1 unspecified atom stereocenters. The first-order chi connectivity index (χ1) is 12.0. The molecule has 4 nitrogen and oxygen atoms in total. The van der Waals surface area contributed by atoms with E-state index in [-0.39, 0.29) is 16.7 Å². The van der Waals surface area contributed by atoms with Crippen LogP contribution >= 0.6 is 22.9 Å². The minimum atomic E-state index is -1.04. The van der Waals surface area contributed by atoms with Crippen molar-refractivity contribution in [3.63, 3.8) is 0 Å². The van der Waals surface area contributed by atoms with Gasteiger partial charge in [-0.2, -0.15) is 0 Å². The number of aromatic carboxylic acids is 1. The molecule has 2 aromatic carbocycles. The van der Waals surface area contributed by atoms with Gasteiger partial charge >= 0.3 is 5.97 Å². The maximum absolute atomic E-state index is 12.4. The quantitative estimate of drug-likeness (QED) is 0.656. The van der Waals surface area contributed by atoms with Crippen molar-refractivity contribution < 1.29 is 14.7 Å². The van der Waals surface area contributed by atoms with Crippen LogP contribution in [0.25, 0.3) is 10.8 Å². The Bertz CT molecular complexity index is 951. The van der Waals surface area contributed by atoms with Crippen molar-refractivity contribution >= 4 is 51.3 Å². The molecule has 0 saturated heterocycles. The molecule has 1 amide bonds. The van der Waals surface area contributed by atoms with Gasteiger partial charge in [0.25, 0.3) is 0 Å². The number of hydrogen-bond acceptors (Lipinski definition) is 3. The Hall–Kier alpha value is -2.37. The van der Waals surface area contributed by atoms with E-state index in [0.29, 0.717) is 17.1 Å². The monoisotopic (exact) mass is 373 g/mol. The molecule has 25 heavy (non-hydrogen) atoms. The van der Waals surface area contributed by atoms with E-state index < -0.39 is 5.97 Å². The lowest BCUT2D eigenvalue weighted by atomic mass is 9.98. The number of carboxylic acids is 1. The maximum atomic E-state index is 12.4. The van der Waals surface area contributed by atoms with E-state index in [2.05, 4.69) is 5.32 Å². The number of benzene rings is 2. The van der Waals surface area contributed by atoms with Gasteiger partial charge in [0, 0.05) is 16.3 Å². The van der Waals surface area contributed by atoms with Crippen LogP contribution in [-0.4, -0.2) is 17.0 Å². The third kappa shape index (κ3) is 3.83. The van der Waals surface area contributed by atoms with Crippen molar-refractivity contribution in [2.24, 2.45) is 5.92 Å². The minimum Gasteiger partial charge on any atom is -0.477 e. The first kappa shape index (κ1) is 17.5. The number of rotatable bonds is 5. The molecule has 128 valence electrons. The molecule has 1 aromatic heterocycles. The van der Waals surface area contributed by atoms with Gasteiger partial charge < -0.3 is 10.4 Å². The number of fused-ring (bicyclic) bond motifs is 1. The van der Waals surface area contributed by atoms with Crippen LogP contribution in [0.1, 0.15) is 22.2 Å². The number of amides is 1. The van der Waals surface area contributed by atoms with E-state index in [9.17, 15) is 9.59 Å². The van der Waals surface area contributed by atoms with Crippen molar-refractivity contribution in [1.82, 2.24) is 0 Å². The predicted octanol–water partition coefficient (Wildman–Crippen LogP) is 5.07. The molecule has 3 aromatic rings. The van der Waals surface area contributed by atoms with Crippen molar-refractivity contribution in [2.75, 3.05) is 5.32 Å². The number of carbonyl (C=O) groups is 2. The normalized spacial score (nSPS) is 12.1. The van der Waals surface area contributed by atoms with Crippen molar-refractivity contribution in [3.05, 3.63) is 63.3 Å². The highest BCUT2D eigenvalue weighted by atomic mass is 35.5. The highest BCUT2D eigenvalue weighted by molar-refractivity contribution is 7.12. The summed E-state index contributed by atoms with van der Waals surface area (Å²) in [5.74, 6) is -1.53. The average Bonchev–Trinajstić information content (AvgIpc) is 3.03. The summed E-state index contributed by atoms with van der Waals surface area (Å²) in [5, 5.41) is 16.2. The lowest BCUT2D eigenvalue weighted by Crippen LogP contribution is -2.22. The third-order valence-electron chi connectivity index (χ3n) is 4.00. The molecule has 0 spiro atoms. The average molecular weight is 374 g/mol. The molecule has 0 saturated carbocycles. The Kier molecular flexibility index (Phi) is 5.06. The summed E-state index contributed by atoms with van der Waals surface area (Å²) in [6.45, 7) is 1.82. The highest BCUT2D eigenvalue weighted by Gasteiger charge is 2.18. The number of carboxylic acid groups (broad SMARTS) is 1. The number of thiophene rings is 1. The summed E-state index contributed by atoms with van der Waals surface area (Å²) in [6.07, 6.45) is 0.556. The van der Waals surface area contributed by atoms with Crippen molar-refractivity contribution in [1.29, 1.82) is 0 Å². The lowest BCUT2D eigenvalue weighted by Gasteiger charge is -2.13. The fourth-order valence-corrected chi connectivity index (χ4v) is 3.63. The van der Waals surface area contributed by atoms with Gasteiger partial charge in [0.15, 0.2) is 0 Å². The van der Waals surface area contributed by atoms with Gasteiger partial charge in [-0.05, 0) is 34.9 Å². The highest BCUT2D eigenvalue weighted by Crippen LogP contribution is 2.26. The van der Waals surface area contributed by atoms with E-state index in [4.69, 9.17) is 16.7 Å². The fraction of sp³-hybridized carbons (Fsp3) is 0.158. The van der Waals surface area contributed by atoms with E-state index in [1.54, 1.807) is 11.4 Å². The Morgan fingerprint density at radius 2 is 2.04 bits per heavy atom. The van der Waals surface area contributed by atoms with Crippen molar-refractivity contribution in [2.45, 2.75) is 13.3 Å². The molecule has 3 rings (SSSR count). The number of anilines is 1. The Labute approximate surface area is 154 Å². The van der Waals surface area contributed by atoms with Gasteiger partial charge in [-0.15, -0.1) is 11.3 Å². The van der Waals surface area contributed by atoms with E-state index in [0.717, 1.165) is 27.7 Å². The summed E-state index contributed by atoms with van der Waals surface area (Å²) in [5.41, 5.74) is 1.38. The largest absolute Gasteiger partial charge is 0.477 e. The topological polar surface area (TPSA) is 66.4 Å². The van der Waals surface area contributed by atoms with Gasteiger partial charge in [-0.25, -0.2) is 4.79 Å². The standard InChI is InChI=1S/C19H16ClNO3S/c1-11(18(22)21-16-7-8-25-17(16)19(23)24)9-12-5-6-14-13(10-12)3-2-4-15(14)20/h2-8,10-11H,9H2,1H3,(H,21,22)(H,23,24). The number of nitrogens with one attached hydrogen (secondary N) is 1. The maximum Gasteiger partial charge on any atom is 0.348 e. The van der Waals surface area contributed by atoms with Crippen LogP contribution in [-0.2, 0) is 11.2 Å². The second-order valence-corrected chi connectivity index (χ2v) is 7.18. The van der Waals surface area contributed by atoms with Crippen LogP contribution < -0.4 is 5.32 Å². The molecule has 0 radical (unpaired) electrons. The zero-order chi connectivity index (χ0) is 18.0. The molecule has 1 atom stereocenters. The van der Waals surface area contributed by atoms with Gasteiger partial charge in [0.05, 0.1) is 5.69 Å². The first-order valence-electron chi connectivity index (χ1n) is 7.74. The Morgan fingerprint density at radius 3 is 2.80 bits per heavy atom. The molecule has 0 fully saturated rings. The molecule has 1 heterocycles. The predicted molar refractivity (Wildman–Crippen MR) is 102 cm³/mol. The van der Waals surface area contributed by atoms with Gasteiger partial charge in [-0.3, -0.25) is 4.79 Å². The van der Waals surface area contributed by atoms with Gasteiger partial charge in [0.1, 0.15) is 4.88 Å². The van der Waals surface area contributed by atoms with Crippen LogP contribution in [0.2, 0.25) is 5.02 Å². The van der Waals surface area contributed by atoms with E-state index in [1.165, 1.54) is 0 Å². The Balaban J connectivity index is 1.73. The summed E-state index contributed by atoms with van der Waals surface area (Å²) >= 11 is 7.27. The number of carbonyl (C=O) groups excluding carboxylic acids is 1. The third-order valence-corrected chi connectivity index (χ3v) is 5.23. The van der Waals surface area contributed by atoms with Gasteiger partial charge in [0.2, 0.25) is 5.91 Å². The zero-order valence-electron chi connectivity index (χ0n) is 13.5. The summed E-state index contributed by atoms with van der Waals surface area (Å²) in [7, 11) is 0. The van der Waals surface area contributed by atoms with Crippen LogP contribution in [0, 0.1) is 5.92 Å². The fourth-order valence-electron chi connectivity index (χ4n) is 2.70. The molecule has 0 aliphatic rings. The van der Waals surface area contributed by atoms with Crippen LogP contribution in [0.5, 0.6) is 0 Å². The SMILES string of the molecule is CC(Cc1ccc2c(Cl)cccc2c1)C(=O)Nc1ccsc1C(=O)O. The molecule has 2 N–H and O–H groups in total. The minimum absolute atomic E-state index is 0.140. The Morgan fingerprint density at radius 1 is 1.24 bits per heavy atom. The lowest BCUT2D eigenvalue weighted by molar-refractivity contribution is -0.119. The first-order valence-corrected chi connectivity index (χ1v) is 9.00. The molecule has 6 heteroatoms. The second-order valence-electron chi connectivity index (χ2n) is 5.86.